The van der Waals surface area contributed by atoms with Crippen LogP contribution in [0.4, 0.5) is 4.79 Å². The first-order valence-corrected chi connectivity index (χ1v) is 6.18. The summed E-state index contributed by atoms with van der Waals surface area (Å²) >= 11 is 0. The molecular formula is C12H18N2O4. The molecule has 1 saturated carbocycles. The smallest absolute Gasteiger partial charge is 0.331 e. The van der Waals surface area contributed by atoms with E-state index in [4.69, 9.17) is 4.74 Å². The van der Waals surface area contributed by atoms with Crippen LogP contribution in [-0.4, -0.2) is 41.5 Å². The summed E-state index contributed by atoms with van der Waals surface area (Å²) in [5.41, 5.74) is -1.18. The van der Waals surface area contributed by atoms with Crippen LogP contribution in [0.2, 0.25) is 0 Å². The Bertz CT molecular complexity index is 399. The van der Waals surface area contributed by atoms with Crippen LogP contribution < -0.4 is 5.32 Å². The number of urea groups is 1. The Balaban J connectivity index is 2.07. The summed E-state index contributed by atoms with van der Waals surface area (Å²) in [7, 11) is 0. The quantitative estimate of drug-likeness (QED) is 0.751. The number of hydrogen-bond acceptors (Lipinski definition) is 4. The van der Waals surface area contributed by atoms with Crippen molar-refractivity contribution in [2.45, 2.75) is 45.8 Å². The number of rotatable bonds is 3. The first-order chi connectivity index (χ1) is 8.37. The minimum absolute atomic E-state index is 0.112. The fourth-order valence-electron chi connectivity index (χ4n) is 2.26. The van der Waals surface area contributed by atoms with Gasteiger partial charge in [0, 0.05) is 12.6 Å². The summed E-state index contributed by atoms with van der Waals surface area (Å²) in [6.45, 7) is 5.60. The van der Waals surface area contributed by atoms with Crippen molar-refractivity contribution in [1.29, 1.82) is 0 Å². The molecule has 1 heterocycles. The Morgan fingerprint density at radius 3 is 2.50 bits per heavy atom. The summed E-state index contributed by atoms with van der Waals surface area (Å²) in [5.74, 6) is -0.953. The van der Waals surface area contributed by atoms with E-state index in [0.717, 1.165) is 0 Å². The number of ether oxygens (including phenoxy) is 1. The van der Waals surface area contributed by atoms with Gasteiger partial charge in [-0.25, -0.2) is 4.79 Å². The van der Waals surface area contributed by atoms with Crippen LogP contribution >= 0.6 is 0 Å². The average Bonchev–Trinajstić information content (AvgIpc) is 2.23. The second-order valence-corrected chi connectivity index (χ2v) is 5.26. The van der Waals surface area contributed by atoms with Crippen LogP contribution in [0.1, 0.15) is 33.6 Å². The predicted molar refractivity (Wildman–Crippen MR) is 62.6 cm³/mol. The molecule has 0 aromatic carbocycles. The third-order valence-electron chi connectivity index (χ3n) is 3.60. The average molecular weight is 254 g/mol. The molecule has 1 aliphatic heterocycles. The molecule has 0 aromatic rings. The van der Waals surface area contributed by atoms with E-state index in [0.29, 0.717) is 19.4 Å². The summed E-state index contributed by atoms with van der Waals surface area (Å²) in [4.78, 5) is 36.7. The number of imide groups is 2. The zero-order valence-electron chi connectivity index (χ0n) is 10.9. The molecule has 0 radical (unpaired) electrons. The topological polar surface area (TPSA) is 75.7 Å². The zero-order valence-corrected chi connectivity index (χ0v) is 10.9. The molecule has 0 aromatic heterocycles. The lowest BCUT2D eigenvalue weighted by atomic mass is 9.83. The highest BCUT2D eigenvalue weighted by Crippen LogP contribution is 2.33. The molecule has 0 spiro atoms. The molecule has 2 rings (SSSR count). The van der Waals surface area contributed by atoms with E-state index in [-0.39, 0.29) is 12.1 Å². The van der Waals surface area contributed by atoms with Crippen molar-refractivity contribution < 1.29 is 19.1 Å². The largest absolute Gasteiger partial charge is 0.378 e. The monoisotopic (exact) mass is 254 g/mol. The van der Waals surface area contributed by atoms with Crippen molar-refractivity contribution >= 4 is 17.8 Å². The van der Waals surface area contributed by atoms with Crippen LogP contribution in [0.25, 0.3) is 0 Å². The standard InChI is InChI=1S/C12H18N2O4/c1-4-18-8-5-7(6-8)14-10(16)12(2,3)9(15)13-11(14)17/h7-8H,4-6H2,1-3H3,(H,13,15,17). The maximum atomic E-state index is 12.2. The Hall–Kier alpha value is -1.43. The Kier molecular flexibility index (Phi) is 3.14. The molecule has 0 unspecified atom stereocenters. The number of hydrogen-bond donors (Lipinski definition) is 1. The minimum atomic E-state index is -1.18. The summed E-state index contributed by atoms with van der Waals surface area (Å²) in [5, 5.41) is 2.23. The Morgan fingerprint density at radius 2 is 1.94 bits per heavy atom. The van der Waals surface area contributed by atoms with E-state index in [2.05, 4.69) is 5.32 Å². The normalized spacial score (nSPS) is 31.1. The van der Waals surface area contributed by atoms with Crippen LogP contribution in [-0.2, 0) is 14.3 Å². The highest BCUT2D eigenvalue weighted by atomic mass is 16.5. The molecule has 100 valence electrons. The second-order valence-electron chi connectivity index (χ2n) is 5.26. The number of nitrogens with one attached hydrogen (secondary N) is 1. The predicted octanol–water partition coefficient (Wildman–Crippen LogP) is 0.658. The van der Waals surface area contributed by atoms with Crippen LogP contribution in [0.15, 0.2) is 0 Å². The lowest BCUT2D eigenvalue weighted by molar-refractivity contribution is -0.154. The van der Waals surface area contributed by atoms with Gasteiger partial charge in [0.1, 0.15) is 5.41 Å². The molecule has 1 N–H and O–H groups in total. The van der Waals surface area contributed by atoms with E-state index < -0.39 is 23.3 Å². The molecule has 0 atom stereocenters. The lowest BCUT2D eigenvalue weighted by Crippen LogP contribution is -2.66. The van der Waals surface area contributed by atoms with Gasteiger partial charge in [-0.15, -0.1) is 0 Å². The highest BCUT2D eigenvalue weighted by molar-refractivity contribution is 6.18. The van der Waals surface area contributed by atoms with E-state index in [1.165, 1.54) is 18.7 Å². The van der Waals surface area contributed by atoms with Crippen LogP contribution in [0, 0.1) is 5.41 Å². The second kappa shape index (κ2) is 4.35. The fraction of sp³-hybridized carbons (Fsp3) is 0.750. The van der Waals surface area contributed by atoms with Crippen molar-refractivity contribution in [3.05, 3.63) is 0 Å². The van der Waals surface area contributed by atoms with E-state index >= 15 is 0 Å². The molecule has 4 amide bonds. The number of carbonyl (C=O) groups excluding carboxylic acids is 3. The zero-order chi connectivity index (χ0) is 13.5. The van der Waals surface area contributed by atoms with E-state index in [9.17, 15) is 14.4 Å². The van der Waals surface area contributed by atoms with Crippen LogP contribution in [0.3, 0.4) is 0 Å². The highest BCUT2D eigenvalue weighted by Gasteiger charge is 2.51. The van der Waals surface area contributed by atoms with Gasteiger partial charge < -0.3 is 4.74 Å². The maximum absolute atomic E-state index is 12.2. The Labute approximate surface area is 106 Å². The first kappa shape index (κ1) is 13.0. The van der Waals surface area contributed by atoms with Gasteiger partial charge in [-0.05, 0) is 33.6 Å². The van der Waals surface area contributed by atoms with Crippen molar-refractivity contribution in [3.63, 3.8) is 0 Å². The molecule has 18 heavy (non-hydrogen) atoms. The van der Waals surface area contributed by atoms with Gasteiger partial charge in [0.2, 0.25) is 11.8 Å². The third kappa shape index (κ3) is 1.90. The number of barbiturate groups is 1. The summed E-state index contributed by atoms with van der Waals surface area (Å²) < 4.78 is 5.41. The molecule has 6 nitrogen and oxygen atoms in total. The minimum Gasteiger partial charge on any atom is -0.378 e. The SMILES string of the molecule is CCOC1CC(N2C(=O)NC(=O)C(C)(C)C2=O)C1. The summed E-state index contributed by atoms with van der Waals surface area (Å²) in [6, 6.07) is -0.759. The van der Waals surface area contributed by atoms with Gasteiger partial charge in [0.25, 0.3) is 0 Å². The first-order valence-electron chi connectivity index (χ1n) is 6.18. The number of carbonyl (C=O) groups is 3. The van der Waals surface area contributed by atoms with Gasteiger partial charge in [0.05, 0.1) is 6.10 Å². The van der Waals surface area contributed by atoms with Crippen molar-refractivity contribution in [1.82, 2.24) is 10.2 Å². The third-order valence-corrected chi connectivity index (χ3v) is 3.60. The molecule has 0 bridgehead atoms. The molecule has 1 saturated heterocycles. The van der Waals surface area contributed by atoms with Crippen molar-refractivity contribution in [2.24, 2.45) is 5.41 Å². The lowest BCUT2D eigenvalue weighted by Gasteiger charge is -2.45. The molecule has 2 fully saturated rings. The number of amides is 4. The summed E-state index contributed by atoms with van der Waals surface area (Å²) in [6.07, 6.45) is 1.41. The van der Waals surface area contributed by atoms with Gasteiger partial charge in [0.15, 0.2) is 0 Å². The van der Waals surface area contributed by atoms with E-state index in [1.54, 1.807) is 0 Å². The molecule has 2 aliphatic rings. The van der Waals surface area contributed by atoms with Gasteiger partial charge >= 0.3 is 6.03 Å². The van der Waals surface area contributed by atoms with Crippen molar-refractivity contribution in [2.75, 3.05) is 6.61 Å². The Morgan fingerprint density at radius 1 is 1.33 bits per heavy atom. The van der Waals surface area contributed by atoms with Crippen molar-refractivity contribution in [3.8, 4) is 0 Å². The number of nitrogens with zero attached hydrogens (tertiary/aromatic N) is 1. The fourth-order valence-corrected chi connectivity index (χ4v) is 2.26. The van der Waals surface area contributed by atoms with Gasteiger partial charge in [-0.2, -0.15) is 0 Å². The molecule has 6 heteroatoms. The van der Waals surface area contributed by atoms with Gasteiger partial charge in [-0.3, -0.25) is 19.8 Å². The van der Waals surface area contributed by atoms with E-state index in [1.807, 2.05) is 6.92 Å². The van der Waals surface area contributed by atoms with Crippen LogP contribution in [0.5, 0.6) is 0 Å². The molecule has 1 aliphatic carbocycles. The van der Waals surface area contributed by atoms with Gasteiger partial charge in [-0.1, -0.05) is 0 Å². The maximum Gasteiger partial charge on any atom is 0.331 e. The molecular weight excluding hydrogens is 236 g/mol.